The van der Waals surface area contributed by atoms with Crippen molar-refractivity contribution >= 4 is 11.8 Å². The first-order valence-corrected chi connectivity index (χ1v) is 12.9. The average molecular weight is 522 g/mol. The van der Waals surface area contributed by atoms with Crippen molar-refractivity contribution in [3.05, 3.63) is 106 Å². The smallest absolute Gasteiger partial charge is 0.254 e. The molecule has 2 fully saturated rings. The van der Waals surface area contributed by atoms with Crippen molar-refractivity contribution in [1.29, 1.82) is 0 Å². The van der Waals surface area contributed by atoms with Crippen LogP contribution >= 0.6 is 0 Å². The molecule has 8 heteroatoms. The van der Waals surface area contributed by atoms with Crippen molar-refractivity contribution in [2.75, 3.05) is 0 Å². The average Bonchev–Trinajstić information content (AvgIpc) is 3.19. The second-order valence-corrected chi connectivity index (χ2v) is 10.3. The van der Waals surface area contributed by atoms with Crippen LogP contribution in [0, 0.1) is 23.4 Å². The maximum absolute atomic E-state index is 14.2. The Bertz CT molecular complexity index is 1320. The first-order valence-electron chi connectivity index (χ1n) is 12.9. The summed E-state index contributed by atoms with van der Waals surface area (Å²) >= 11 is 0. The highest BCUT2D eigenvalue weighted by atomic mass is 19.2. The van der Waals surface area contributed by atoms with E-state index in [1.165, 1.54) is 0 Å². The summed E-state index contributed by atoms with van der Waals surface area (Å²) in [5.41, 5.74) is 8.46. The van der Waals surface area contributed by atoms with E-state index in [0.29, 0.717) is 36.6 Å². The van der Waals surface area contributed by atoms with Crippen LogP contribution in [-0.4, -0.2) is 34.8 Å². The van der Waals surface area contributed by atoms with Gasteiger partial charge < -0.3 is 16.0 Å². The van der Waals surface area contributed by atoms with Crippen LogP contribution in [0.1, 0.15) is 57.5 Å². The van der Waals surface area contributed by atoms with Crippen molar-refractivity contribution in [2.45, 2.75) is 56.8 Å². The third kappa shape index (κ3) is 5.45. The number of nitrogens with one attached hydrogen (secondary N) is 1. The number of fused-ring (bicyclic) bond motifs is 2. The Labute approximate surface area is 219 Å². The topological polar surface area (TPSA) is 75.4 Å². The molecule has 0 aliphatic carbocycles. The zero-order valence-corrected chi connectivity index (χ0v) is 20.9. The molecule has 2 heterocycles. The molecule has 2 aliphatic heterocycles. The Balaban J connectivity index is 1.22. The van der Waals surface area contributed by atoms with Gasteiger partial charge in [-0.25, -0.2) is 13.2 Å². The summed E-state index contributed by atoms with van der Waals surface area (Å²) in [5.74, 6) is -3.28. The number of amides is 2. The van der Waals surface area contributed by atoms with Gasteiger partial charge >= 0.3 is 0 Å². The number of piperidine rings is 1. The summed E-state index contributed by atoms with van der Waals surface area (Å²) in [6.45, 7) is 0.305. The third-order valence-electron chi connectivity index (χ3n) is 7.82. The van der Waals surface area contributed by atoms with Gasteiger partial charge in [0.15, 0.2) is 11.6 Å². The minimum absolute atomic E-state index is 0.0218. The number of benzene rings is 3. The fraction of sp³-hybridized carbons (Fsp3) is 0.333. The van der Waals surface area contributed by atoms with Gasteiger partial charge in [-0.1, -0.05) is 30.3 Å². The standard InChI is InChI=1S/C30H30F3N3O2/c31-25-16-27(33)26(32)14-21(25)15-28(34)22-12-23-9-10-24(13-22)36(23)30(38)20-8-4-5-18(11-20)17-35-29(37)19-6-2-1-3-7-19/h1-8,11,14,16,22-24,28H,9-10,12-13,15,17,34H2,(H,35,37). The molecule has 3 aromatic rings. The minimum Gasteiger partial charge on any atom is -0.348 e. The fourth-order valence-corrected chi connectivity index (χ4v) is 5.88. The zero-order valence-electron chi connectivity index (χ0n) is 20.9. The van der Waals surface area contributed by atoms with Gasteiger partial charge in [0, 0.05) is 41.9 Å². The van der Waals surface area contributed by atoms with Crippen LogP contribution in [0.3, 0.4) is 0 Å². The molecule has 0 spiro atoms. The summed E-state index contributed by atoms with van der Waals surface area (Å²) in [6, 6.07) is 17.3. The van der Waals surface area contributed by atoms with E-state index in [9.17, 15) is 22.8 Å². The summed E-state index contributed by atoms with van der Waals surface area (Å²) in [5, 5.41) is 2.89. The Hall–Kier alpha value is -3.65. The van der Waals surface area contributed by atoms with E-state index in [4.69, 9.17) is 5.73 Å². The van der Waals surface area contributed by atoms with Crippen molar-refractivity contribution in [3.63, 3.8) is 0 Å². The van der Waals surface area contributed by atoms with Gasteiger partial charge in [-0.2, -0.15) is 0 Å². The lowest BCUT2D eigenvalue weighted by Gasteiger charge is -2.41. The van der Waals surface area contributed by atoms with E-state index >= 15 is 0 Å². The SMILES string of the molecule is NC(Cc1cc(F)c(F)cc1F)C1CC2CCC(C1)N2C(=O)c1cccc(CNC(=O)c2ccccc2)c1. The summed E-state index contributed by atoms with van der Waals surface area (Å²) in [7, 11) is 0. The van der Waals surface area contributed by atoms with Crippen LogP contribution in [-0.2, 0) is 13.0 Å². The molecule has 3 atom stereocenters. The van der Waals surface area contributed by atoms with Crippen LogP contribution in [0.25, 0.3) is 0 Å². The molecule has 0 aromatic heterocycles. The molecule has 3 aromatic carbocycles. The zero-order chi connectivity index (χ0) is 26.8. The molecule has 2 aliphatic rings. The first-order chi connectivity index (χ1) is 18.3. The molecule has 198 valence electrons. The molecular formula is C30H30F3N3O2. The van der Waals surface area contributed by atoms with E-state index < -0.39 is 23.5 Å². The number of halogens is 3. The van der Waals surface area contributed by atoms with Gasteiger partial charge in [0.1, 0.15) is 5.82 Å². The number of nitrogens with zero attached hydrogens (tertiary/aromatic N) is 1. The summed E-state index contributed by atoms with van der Waals surface area (Å²) in [4.78, 5) is 27.9. The molecule has 3 unspecified atom stereocenters. The molecular weight excluding hydrogens is 491 g/mol. The predicted molar refractivity (Wildman–Crippen MR) is 138 cm³/mol. The lowest BCUT2D eigenvalue weighted by Crippen LogP contribution is -2.50. The van der Waals surface area contributed by atoms with E-state index in [2.05, 4.69) is 5.32 Å². The van der Waals surface area contributed by atoms with Gasteiger partial charge in [-0.05, 0) is 79.5 Å². The quantitative estimate of drug-likeness (QED) is 0.431. The second kappa shape index (κ2) is 11.0. The molecule has 38 heavy (non-hydrogen) atoms. The van der Waals surface area contributed by atoms with Gasteiger partial charge in [0.05, 0.1) is 0 Å². The first kappa shape index (κ1) is 26.0. The summed E-state index contributed by atoms with van der Waals surface area (Å²) in [6.07, 6.45) is 3.21. The lowest BCUT2D eigenvalue weighted by molar-refractivity contribution is 0.0499. The molecule has 0 saturated carbocycles. The number of rotatable bonds is 7. The summed E-state index contributed by atoms with van der Waals surface area (Å²) < 4.78 is 41.1. The lowest BCUT2D eigenvalue weighted by atomic mass is 9.82. The minimum atomic E-state index is -1.22. The monoisotopic (exact) mass is 521 g/mol. The molecule has 2 amide bonds. The van der Waals surface area contributed by atoms with Crippen LogP contribution < -0.4 is 11.1 Å². The number of carbonyl (C=O) groups is 2. The number of nitrogens with two attached hydrogens (primary N) is 1. The van der Waals surface area contributed by atoms with Gasteiger partial charge in [0.2, 0.25) is 0 Å². The number of hydrogen-bond acceptors (Lipinski definition) is 3. The van der Waals surface area contributed by atoms with E-state index in [0.717, 1.165) is 24.5 Å². The molecule has 2 bridgehead atoms. The van der Waals surface area contributed by atoms with Crippen molar-refractivity contribution < 1.29 is 22.8 Å². The van der Waals surface area contributed by atoms with Gasteiger partial charge in [-0.3, -0.25) is 9.59 Å². The van der Waals surface area contributed by atoms with Crippen LogP contribution in [0.15, 0.2) is 66.7 Å². The highest BCUT2D eigenvalue weighted by Crippen LogP contribution is 2.41. The molecule has 3 N–H and O–H groups in total. The highest BCUT2D eigenvalue weighted by molar-refractivity contribution is 5.95. The highest BCUT2D eigenvalue weighted by Gasteiger charge is 2.44. The molecule has 2 saturated heterocycles. The Morgan fingerprint density at radius 3 is 2.24 bits per heavy atom. The van der Waals surface area contributed by atoms with Crippen molar-refractivity contribution in [1.82, 2.24) is 10.2 Å². The van der Waals surface area contributed by atoms with Crippen molar-refractivity contribution in [2.24, 2.45) is 11.7 Å². The maximum Gasteiger partial charge on any atom is 0.254 e. The largest absolute Gasteiger partial charge is 0.348 e. The molecule has 5 nitrogen and oxygen atoms in total. The van der Waals surface area contributed by atoms with Crippen molar-refractivity contribution in [3.8, 4) is 0 Å². The number of hydrogen-bond donors (Lipinski definition) is 2. The van der Waals surface area contributed by atoms with Gasteiger partial charge in [-0.15, -0.1) is 0 Å². The van der Waals surface area contributed by atoms with E-state index in [-0.39, 0.29) is 41.8 Å². The van der Waals surface area contributed by atoms with Crippen LogP contribution in [0.2, 0.25) is 0 Å². The van der Waals surface area contributed by atoms with Gasteiger partial charge in [0.25, 0.3) is 11.8 Å². The molecule has 5 rings (SSSR count). The van der Waals surface area contributed by atoms with Crippen LogP contribution in [0.5, 0.6) is 0 Å². The predicted octanol–water partition coefficient (Wildman–Crippen LogP) is 4.99. The number of carbonyl (C=O) groups excluding carboxylic acids is 2. The Kier molecular flexibility index (Phi) is 7.51. The Morgan fingerprint density at radius 2 is 1.53 bits per heavy atom. The van der Waals surface area contributed by atoms with Crippen LogP contribution in [0.4, 0.5) is 13.2 Å². The van der Waals surface area contributed by atoms with E-state index in [1.54, 1.807) is 30.3 Å². The Morgan fingerprint density at radius 1 is 0.868 bits per heavy atom. The normalized spacial score (nSPS) is 21.3. The third-order valence-corrected chi connectivity index (χ3v) is 7.82. The van der Waals surface area contributed by atoms with E-state index in [1.807, 2.05) is 29.2 Å². The fourth-order valence-electron chi connectivity index (χ4n) is 5.88. The molecule has 0 radical (unpaired) electrons. The maximum atomic E-state index is 14.2. The second-order valence-electron chi connectivity index (χ2n) is 10.3.